The second-order valence-corrected chi connectivity index (χ2v) is 13.4. The molecule has 0 aromatic rings. The molecule has 30 heavy (non-hydrogen) atoms. The van der Waals surface area contributed by atoms with Crippen molar-refractivity contribution in [3.05, 3.63) is 0 Å². The third-order valence-electron chi connectivity index (χ3n) is 5.63. The van der Waals surface area contributed by atoms with Gasteiger partial charge in [0.1, 0.15) is 12.6 Å². The molecule has 0 heterocycles. The maximum Gasteiger partial charge on any atom is 0.524 e. The Kier molecular flexibility index (Phi) is 20.8. The number of rotatable bonds is 22. The van der Waals surface area contributed by atoms with E-state index in [9.17, 15) is 4.57 Å². The van der Waals surface area contributed by atoms with E-state index < -0.39 is 8.03 Å². The number of nitrogens with zero attached hydrogens (tertiary/aromatic N) is 1. The minimum atomic E-state index is -1.68. The van der Waals surface area contributed by atoms with Crippen LogP contribution < -0.4 is 0 Å². The van der Waals surface area contributed by atoms with Gasteiger partial charge in [-0.3, -0.25) is 0 Å². The molecule has 0 bridgehead atoms. The van der Waals surface area contributed by atoms with Crippen LogP contribution in [-0.2, 0) is 13.8 Å². The number of likely N-dealkylation sites (N-methyl/N-ethyl adjacent to an activating group) is 1. The predicted molar refractivity (Wildman–Crippen MR) is 140 cm³/mol. The molecule has 0 saturated heterocycles. The minimum absolute atomic E-state index is 0.0238. The molecular weight excluding hydrogens is 508 g/mol. The van der Waals surface area contributed by atoms with E-state index in [1.807, 2.05) is 0 Å². The van der Waals surface area contributed by atoms with E-state index in [-0.39, 0.29) is 9.77 Å². The highest BCUT2D eigenvalue weighted by Gasteiger charge is 2.38. The van der Waals surface area contributed by atoms with Crippen molar-refractivity contribution in [1.82, 2.24) is 0 Å². The number of unbranched alkanes of at least 4 members (excludes halogenated alkanes) is 13. The molecule has 0 fully saturated rings. The van der Waals surface area contributed by atoms with Crippen LogP contribution in [0, 0.1) is 0 Å². The number of methoxy groups -OCH3 is 1. The van der Waals surface area contributed by atoms with E-state index in [2.05, 4.69) is 50.7 Å². The lowest BCUT2D eigenvalue weighted by atomic mass is 10.0. The highest BCUT2D eigenvalue weighted by molar-refractivity contribution is 14.1. The van der Waals surface area contributed by atoms with Gasteiger partial charge in [-0.1, -0.05) is 96.8 Å². The zero-order chi connectivity index (χ0) is 22.7. The van der Waals surface area contributed by atoms with E-state index in [1.54, 1.807) is 7.11 Å². The zero-order valence-corrected chi connectivity index (χ0v) is 23.7. The van der Waals surface area contributed by atoms with Crippen LogP contribution in [0.1, 0.15) is 103 Å². The third-order valence-corrected chi connectivity index (χ3v) is 8.97. The van der Waals surface area contributed by atoms with Crippen LogP contribution in [0.2, 0.25) is 0 Å². The Labute approximate surface area is 202 Å². The van der Waals surface area contributed by atoms with Crippen LogP contribution in [0.4, 0.5) is 0 Å². The lowest BCUT2D eigenvalue weighted by molar-refractivity contribution is -0.870. The van der Waals surface area contributed by atoms with Crippen molar-refractivity contribution in [3.8, 4) is 0 Å². The molecule has 0 aromatic heterocycles. The topological polar surface area (TPSA) is 35.5 Å². The van der Waals surface area contributed by atoms with Crippen LogP contribution in [0.3, 0.4) is 0 Å². The molecule has 0 amide bonds. The van der Waals surface area contributed by atoms with Crippen molar-refractivity contribution in [2.75, 3.05) is 41.4 Å². The lowest BCUT2D eigenvalue weighted by Gasteiger charge is -2.22. The first-order chi connectivity index (χ1) is 14.3. The first-order valence-electron chi connectivity index (χ1n) is 12.4. The van der Waals surface area contributed by atoms with Gasteiger partial charge in [0.15, 0.2) is 6.61 Å². The van der Waals surface area contributed by atoms with Gasteiger partial charge in [0.05, 0.1) is 21.1 Å². The molecular formula is C24H51INO3P+2. The monoisotopic (exact) mass is 559 g/mol. The van der Waals surface area contributed by atoms with Crippen molar-refractivity contribution in [2.45, 2.75) is 113 Å². The smallest absolute Gasteiger partial charge is 0.376 e. The summed E-state index contributed by atoms with van der Waals surface area (Å²) in [7, 11) is 6.40. The molecule has 180 valence electrons. The Balaban J connectivity index is 3.62. The maximum absolute atomic E-state index is 12.4. The molecule has 0 saturated carbocycles. The molecule has 0 aliphatic heterocycles. The van der Waals surface area contributed by atoms with Crippen LogP contribution >= 0.6 is 30.6 Å². The standard InChI is InChI=1S/C24H51INO3P/c1-6-7-8-9-10-11-12-13-14-15-16-17-18-19-20-23(28-5)24(25)30(27)29-22-21-26(2,3)4/h23-24H,6-22H2,1-5H3/q+2. The van der Waals surface area contributed by atoms with E-state index in [0.717, 1.165) is 23.9 Å². The Morgan fingerprint density at radius 1 is 0.800 bits per heavy atom. The van der Waals surface area contributed by atoms with Gasteiger partial charge in [-0.05, 0) is 33.6 Å². The van der Waals surface area contributed by atoms with Crippen LogP contribution in [0.5, 0.6) is 0 Å². The predicted octanol–water partition coefficient (Wildman–Crippen LogP) is 8.10. The molecule has 3 atom stereocenters. The fourth-order valence-electron chi connectivity index (χ4n) is 3.52. The number of ether oxygens (including phenoxy) is 1. The number of hydrogen-bond acceptors (Lipinski definition) is 3. The average Bonchev–Trinajstić information content (AvgIpc) is 2.69. The SMILES string of the molecule is CCCCCCCCCCCCCCCCC(OC)C(I)[P+](=O)OCC[N+](C)(C)C. The molecule has 6 heteroatoms. The average molecular weight is 560 g/mol. The van der Waals surface area contributed by atoms with Gasteiger partial charge in [0.25, 0.3) is 3.67 Å². The molecule has 0 radical (unpaired) electrons. The molecule has 0 aliphatic rings. The number of alkyl halides is 1. The van der Waals surface area contributed by atoms with Crippen LogP contribution in [0.25, 0.3) is 0 Å². The summed E-state index contributed by atoms with van der Waals surface area (Å²) in [6.45, 7) is 3.68. The number of quaternary nitrogens is 1. The second kappa shape index (κ2) is 20.3. The fraction of sp³-hybridized carbons (Fsp3) is 1.00. The van der Waals surface area contributed by atoms with Gasteiger partial charge in [-0.2, -0.15) is 0 Å². The summed E-state index contributed by atoms with van der Waals surface area (Å²) in [5.74, 6) is 0. The number of hydrogen-bond donors (Lipinski definition) is 0. The molecule has 0 N–H and O–H groups in total. The Hall–Kier alpha value is 0.710. The van der Waals surface area contributed by atoms with E-state index >= 15 is 0 Å². The highest BCUT2D eigenvalue weighted by Crippen LogP contribution is 2.39. The normalized spacial score (nSPS) is 14.7. The summed E-state index contributed by atoms with van der Waals surface area (Å²) >= 11 is 2.25. The summed E-state index contributed by atoms with van der Waals surface area (Å²) in [5.41, 5.74) is 0. The summed E-state index contributed by atoms with van der Waals surface area (Å²) in [6, 6.07) is 0. The first kappa shape index (κ1) is 30.7. The largest absolute Gasteiger partial charge is 0.524 e. The van der Waals surface area contributed by atoms with Crippen molar-refractivity contribution < 1.29 is 18.3 Å². The number of halogens is 1. The van der Waals surface area contributed by atoms with Gasteiger partial charge in [-0.25, -0.2) is 0 Å². The third kappa shape index (κ3) is 19.4. The highest BCUT2D eigenvalue weighted by atomic mass is 127. The Morgan fingerprint density at radius 2 is 1.23 bits per heavy atom. The second-order valence-electron chi connectivity index (χ2n) is 9.66. The summed E-state index contributed by atoms with van der Waals surface area (Å²) in [6.07, 6.45) is 20.2. The van der Waals surface area contributed by atoms with Crippen molar-refractivity contribution in [3.63, 3.8) is 0 Å². The van der Waals surface area contributed by atoms with Gasteiger partial charge in [0.2, 0.25) is 0 Å². The quantitative estimate of drug-likeness (QED) is 0.0442. The Bertz CT molecular complexity index is 404. The molecule has 0 aromatic carbocycles. The fourth-order valence-corrected chi connectivity index (χ4v) is 5.60. The molecule has 3 unspecified atom stereocenters. The van der Waals surface area contributed by atoms with Crippen molar-refractivity contribution in [2.24, 2.45) is 0 Å². The van der Waals surface area contributed by atoms with Crippen molar-refractivity contribution in [1.29, 1.82) is 0 Å². The molecule has 0 spiro atoms. The van der Waals surface area contributed by atoms with E-state index in [4.69, 9.17) is 9.26 Å². The minimum Gasteiger partial charge on any atom is -0.376 e. The van der Waals surface area contributed by atoms with Gasteiger partial charge >= 0.3 is 8.03 Å². The summed E-state index contributed by atoms with van der Waals surface area (Å²) in [5, 5.41) is 0. The Morgan fingerprint density at radius 3 is 1.63 bits per heavy atom. The van der Waals surface area contributed by atoms with Crippen LogP contribution in [0.15, 0.2) is 0 Å². The first-order valence-corrected chi connectivity index (χ1v) is 14.9. The summed E-state index contributed by atoms with van der Waals surface area (Å²) < 4.78 is 24.4. The van der Waals surface area contributed by atoms with E-state index in [1.165, 1.54) is 83.5 Å². The van der Waals surface area contributed by atoms with Crippen LogP contribution in [-0.4, -0.2) is 55.7 Å². The molecule has 0 rings (SSSR count). The lowest BCUT2D eigenvalue weighted by Crippen LogP contribution is -2.37. The molecule has 0 aliphatic carbocycles. The maximum atomic E-state index is 12.4. The van der Waals surface area contributed by atoms with Gasteiger partial charge < -0.3 is 9.22 Å². The summed E-state index contributed by atoms with van der Waals surface area (Å²) in [4.78, 5) is 0. The van der Waals surface area contributed by atoms with Gasteiger partial charge in [-0.15, -0.1) is 4.52 Å². The molecule has 4 nitrogen and oxygen atoms in total. The van der Waals surface area contributed by atoms with E-state index in [0.29, 0.717) is 6.61 Å². The van der Waals surface area contributed by atoms with Crippen molar-refractivity contribution >= 4 is 30.6 Å². The van der Waals surface area contributed by atoms with Gasteiger partial charge in [0, 0.05) is 7.11 Å². The zero-order valence-electron chi connectivity index (χ0n) is 20.7.